The molecule has 1 amide bonds. The molecule has 3 saturated carbocycles. The number of amides is 1. The fourth-order valence-corrected chi connectivity index (χ4v) is 5.25. The van der Waals surface area contributed by atoms with Crippen LogP contribution in [-0.4, -0.2) is 24.1 Å². The monoisotopic (exact) mass is 362 g/mol. The van der Waals surface area contributed by atoms with E-state index in [9.17, 15) is 9.59 Å². The van der Waals surface area contributed by atoms with Crippen molar-refractivity contribution in [3.63, 3.8) is 0 Å². The molecule has 1 aliphatic heterocycles. The van der Waals surface area contributed by atoms with E-state index >= 15 is 0 Å². The summed E-state index contributed by atoms with van der Waals surface area (Å²) in [5.41, 5.74) is 0.725. The molecule has 3 fully saturated rings. The molecular weight excluding hydrogens is 340 g/mol. The van der Waals surface area contributed by atoms with E-state index in [-0.39, 0.29) is 29.1 Å². The summed E-state index contributed by atoms with van der Waals surface area (Å²) in [4.78, 5) is 25.1. The molecule has 0 unspecified atom stereocenters. The highest BCUT2D eigenvalue weighted by atomic mass is 35.5. The number of ether oxygens (including phenoxy) is 1. The third kappa shape index (κ3) is 2.51. The van der Waals surface area contributed by atoms with Gasteiger partial charge in [-0.15, -0.1) is 0 Å². The largest absolute Gasteiger partial charge is 0.466 e. The molecule has 4 aliphatic rings. The van der Waals surface area contributed by atoms with Crippen molar-refractivity contribution in [3.05, 3.63) is 28.8 Å². The molecule has 1 aromatic rings. The number of carbonyl (C=O) groups excluding carboxylic acids is 2. The minimum Gasteiger partial charge on any atom is -0.466 e. The number of rotatable bonds is 2. The second-order valence-corrected chi connectivity index (χ2v) is 8.28. The van der Waals surface area contributed by atoms with Gasteiger partial charge in [-0.05, 0) is 56.2 Å². The van der Waals surface area contributed by atoms with Gasteiger partial charge in [0.1, 0.15) is 5.66 Å². The van der Waals surface area contributed by atoms with Crippen LogP contribution in [0.5, 0.6) is 0 Å². The number of fused-ring (bicyclic) bond motifs is 3. The van der Waals surface area contributed by atoms with Crippen LogP contribution in [-0.2, 0) is 9.53 Å². The van der Waals surface area contributed by atoms with E-state index in [1.807, 2.05) is 13.0 Å². The summed E-state index contributed by atoms with van der Waals surface area (Å²) in [5.74, 6) is -0.0856. The maximum atomic E-state index is 12.7. The average Bonchev–Trinajstić information content (AvgIpc) is 2.55. The molecule has 6 heteroatoms. The lowest BCUT2D eigenvalue weighted by molar-refractivity contribution is -0.163. The van der Waals surface area contributed by atoms with Crippen LogP contribution in [0.15, 0.2) is 18.2 Å². The van der Waals surface area contributed by atoms with Gasteiger partial charge in [-0.25, -0.2) is 0 Å². The van der Waals surface area contributed by atoms with E-state index in [0.29, 0.717) is 17.2 Å². The second-order valence-electron chi connectivity index (χ2n) is 7.85. The van der Waals surface area contributed by atoms with Crippen LogP contribution in [0, 0.1) is 17.3 Å². The summed E-state index contributed by atoms with van der Waals surface area (Å²) in [7, 11) is 0. The molecule has 2 bridgehead atoms. The van der Waals surface area contributed by atoms with Crippen LogP contribution in [0.3, 0.4) is 0 Å². The SMILES string of the molecule is CCOC(=O)[C@@H]1C[C@H]2CC[C@@]1(C)C[C@@]21NC(=O)c2cc(Cl)ccc2N1. The maximum Gasteiger partial charge on any atom is 0.309 e. The molecular formula is C19H23ClN2O3. The molecule has 0 radical (unpaired) electrons. The summed E-state index contributed by atoms with van der Waals surface area (Å²) in [5, 5.41) is 7.33. The molecule has 134 valence electrons. The lowest BCUT2D eigenvalue weighted by Crippen LogP contribution is -2.69. The Kier molecular flexibility index (Phi) is 3.76. The Balaban J connectivity index is 1.66. The van der Waals surface area contributed by atoms with E-state index in [1.54, 1.807) is 12.1 Å². The number of esters is 1. The van der Waals surface area contributed by atoms with Gasteiger partial charge in [0.25, 0.3) is 5.91 Å². The topological polar surface area (TPSA) is 67.4 Å². The van der Waals surface area contributed by atoms with Crippen LogP contribution in [0.25, 0.3) is 0 Å². The Bertz CT molecular complexity index is 752. The zero-order valence-electron chi connectivity index (χ0n) is 14.5. The number of benzene rings is 1. The Labute approximate surface area is 152 Å². The first kappa shape index (κ1) is 16.7. The van der Waals surface area contributed by atoms with E-state index in [2.05, 4.69) is 17.6 Å². The molecule has 1 spiro atoms. The molecule has 1 heterocycles. The van der Waals surface area contributed by atoms with E-state index < -0.39 is 5.66 Å². The van der Waals surface area contributed by atoms with Crippen molar-refractivity contribution in [1.82, 2.24) is 5.32 Å². The summed E-state index contributed by atoms with van der Waals surface area (Å²) in [6.07, 6.45) is 3.43. The lowest BCUT2D eigenvalue weighted by atomic mass is 9.51. The molecule has 5 rings (SSSR count). The number of halogens is 1. The molecule has 3 aliphatic carbocycles. The predicted octanol–water partition coefficient (Wildman–Crippen LogP) is 3.58. The van der Waals surface area contributed by atoms with E-state index in [4.69, 9.17) is 16.3 Å². The molecule has 0 saturated heterocycles. The second kappa shape index (κ2) is 5.63. The average molecular weight is 363 g/mol. The van der Waals surface area contributed by atoms with Gasteiger partial charge in [-0.1, -0.05) is 18.5 Å². The van der Waals surface area contributed by atoms with Crippen LogP contribution in [0.2, 0.25) is 5.02 Å². The normalized spacial score (nSPS) is 35.7. The fourth-order valence-electron chi connectivity index (χ4n) is 5.08. The lowest BCUT2D eigenvalue weighted by Gasteiger charge is -2.60. The molecule has 25 heavy (non-hydrogen) atoms. The Hall–Kier alpha value is -1.75. The van der Waals surface area contributed by atoms with Crippen molar-refractivity contribution in [2.45, 2.75) is 45.2 Å². The highest BCUT2D eigenvalue weighted by molar-refractivity contribution is 6.31. The molecule has 5 nitrogen and oxygen atoms in total. The minimum atomic E-state index is -0.492. The summed E-state index contributed by atoms with van der Waals surface area (Å²) in [6.45, 7) is 4.40. The fraction of sp³-hybridized carbons (Fsp3) is 0.579. The van der Waals surface area contributed by atoms with Crippen molar-refractivity contribution < 1.29 is 14.3 Å². The summed E-state index contributed by atoms with van der Waals surface area (Å²) < 4.78 is 5.30. The van der Waals surface area contributed by atoms with Gasteiger partial charge in [0.05, 0.1) is 18.1 Å². The van der Waals surface area contributed by atoms with Crippen LogP contribution >= 0.6 is 11.6 Å². The first-order valence-electron chi connectivity index (χ1n) is 8.94. The standard InChI is InChI=1S/C19H23ClN2O3/c1-3-25-17(24)14-8-11-6-7-18(14,2)10-19(11)21-15-5-4-12(20)9-13(15)16(23)22-19/h4-5,9,11,14,21H,3,6-8,10H2,1-2H3,(H,22,23)/t11-,14+,18+,19-/m1/s1. The smallest absolute Gasteiger partial charge is 0.309 e. The Morgan fingerprint density at radius 3 is 2.92 bits per heavy atom. The molecule has 1 aromatic carbocycles. The van der Waals surface area contributed by atoms with E-state index in [0.717, 1.165) is 31.4 Å². The van der Waals surface area contributed by atoms with Crippen LogP contribution in [0.4, 0.5) is 5.69 Å². The van der Waals surface area contributed by atoms with Gasteiger partial charge >= 0.3 is 5.97 Å². The summed E-state index contributed by atoms with van der Waals surface area (Å²) in [6, 6.07) is 5.35. The van der Waals surface area contributed by atoms with Crippen LogP contribution < -0.4 is 10.6 Å². The number of carbonyl (C=O) groups is 2. The van der Waals surface area contributed by atoms with Crippen molar-refractivity contribution in [3.8, 4) is 0 Å². The zero-order chi connectivity index (χ0) is 17.8. The zero-order valence-corrected chi connectivity index (χ0v) is 15.3. The van der Waals surface area contributed by atoms with Gasteiger partial charge in [-0.3, -0.25) is 9.59 Å². The van der Waals surface area contributed by atoms with Crippen molar-refractivity contribution in [1.29, 1.82) is 0 Å². The van der Waals surface area contributed by atoms with Gasteiger partial charge < -0.3 is 15.4 Å². The summed E-state index contributed by atoms with van der Waals surface area (Å²) >= 11 is 6.03. The number of nitrogens with one attached hydrogen (secondary N) is 2. The van der Waals surface area contributed by atoms with Crippen molar-refractivity contribution >= 4 is 29.2 Å². The van der Waals surface area contributed by atoms with Gasteiger partial charge in [0, 0.05) is 16.6 Å². The minimum absolute atomic E-state index is 0.0952. The van der Waals surface area contributed by atoms with Crippen molar-refractivity contribution in [2.24, 2.45) is 17.3 Å². The third-order valence-corrected chi connectivity index (χ3v) is 6.53. The molecule has 0 aromatic heterocycles. The Morgan fingerprint density at radius 1 is 1.40 bits per heavy atom. The van der Waals surface area contributed by atoms with Gasteiger partial charge in [0.15, 0.2) is 0 Å². The Morgan fingerprint density at radius 2 is 2.20 bits per heavy atom. The molecule has 2 N–H and O–H groups in total. The van der Waals surface area contributed by atoms with Crippen LogP contribution in [0.1, 0.15) is 49.9 Å². The highest BCUT2D eigenvalue weighted by Crippen LogP contribution is 2.58. The third-order valence-electron chi connectivity index (χ3n) is 6.30. The van der Waals surface area contributed by atoms with Gasteiger partial charge in [-0.2, -0.15) is 0 Å². The predicted molar refractivity (Wildman–Crippen MR) is 95.5 cm³/mol. The first-order valence-corrected chi connectivity index (χ1v) is 9.31. The number of hydrogen-bond donors (Lipinski definition) is 2. The number of hydrogen-bond acceptors (Lipinski definition) is 4. The van der Waals surface area contributed by atoms with E-state index in [1.165, 1.54) is 0 Å². The van der Waals surface area contributed by atoms with Crippen molar-refractivity contribution in [2.75, 3.05) is 11.9 Å². The highest BCUT2D eigenvalue weighted by Gasteiger charge is 2.60. The first-order chi connectivity index (χ1) is 11.9. The molecule has 4 atom stereocenters. The quantitative estimate of drug-likeness (QED) is 0.789. The van der Waals surface area contributed by atoms with Gasteiger partial charge in [0.2, 0.25) is 0 Å². The maximum absolute atomic E-state index is 12.7. The number of anilines is 1.